The Morgan fingerprint density at radius 3 is 2.57 bits per heavy atom. The van der Waals surface area contributed by atoms with Crippen molar-refractivity contribution >= 4 is 18.3 Å². The second-order valence-electron chi connectivity index (χ2n) is 7.28. The van der Waals surface area contributed by atoms with Crippen molar-refractivity contribution in [3.05, 3.63) is 0 Å². The molecule has 2 aliphatic rings. The maximum Gasteiger partial charge on any atom is 0.229 e. The van der Waals surface area contributed by atoms with Gasteiger partial charge in [-0.1, -0.05) is 0 Å². The van der Waals surface area contributed by atoms with Crippen molar-refractivity contribution in [2.45, 2.75) is 25.9 Å². The lowest BCUT2D eigenvalue weighted by Crippen LogP contribution is -2.52. The summed E-state index contributed by atoms with van der Waals surface area (Å²) in [6.45, 7) is 8.92. The predicted octanol–water partition coefficient (Wildman–Crippen LogP) is -0.135. The van der Waals surface area contributed by atoms with Gasteiger partial charge in [0.1, 0.15) is 0 Å². The molecule has 7 heteroatoms. The molecule has 2 unspecified atom stereocenters. The number of hydrogen-bond donors (Lipinski definition) is 2. The Balaban J connectivity index is 0.00000264. The summed E-state index contributed by atoms with van der Waals surface area (Å²) >= 11 is 0. The van der Waals surface area contributed by atoms with Crippen LogP contribution in [0.25, 0.3) is 0 Å². The van der Waals surface area contributed by atoms with Crippen LogP contribution in [0.3, 0.4) is 0 Å². The van der Waals surface area contributed by atoms with Gasteiger partial charge in [-0.3, -0.25) is 9.69 Å². The molecule has 0 aromatic heterocycles. The van der Waals surface area contributed by atoms with Crippen LogP contribution in [0, 0.1) is 5.41 Å². The van der Waals surface area contributed by atoms with E-state index in [1.165, 1.54) is 0 Å². The van der Waals surface area contributed by atoms with Crippen molar-refractivity contribution in [2.75, 3.05) is 66.5 Å². The van der Waals surface area contributed by atoms with Gasteiger partial charge >= 0.3 is 0 Å². The molecule has 0 aromatic rings. The molecule has 2 saturated heterocycles. The number of likely N-dealkylation sites (N-methyl/N-ethyl adjacent to an activating group) is 2. The molecule has 2 N–H and O–H groups in total. The fourth-order valence-corrected chi connectivity index (χ4v) is 3.48. The molecular weight excluding hydrogens is 316 g/mol. The molecule has 0 radical (unpaired) electrons. The van der Waals surface area contributed by atoms with E-state index in [0.717, 1.165) is 52.1 Å². The number of aliphatic hydroxyl groups is 1. The van der Waals surface area contributed by atoms with E-state index >= 15 is 0 Å². The average molecular weight is 349 g/mol. The lowest BCUT2D eigenvalue weighted by atomic mass is 9.81. The van der Waals surface area contributed by atoms with Crippen LogP contribution in [0.5, 0.6) is 0 Å². The number of carbonyl (C=O) groups is 1. The second-order valence-corrected chi connectivity index (χ2v) is 7.28. The van der Waals surface area contributed by atoms with Crippen LogP contribution < -0.4 is 5.32 Å². The molecule has 2 rings (SSSR count). The number of aliphatic hydroxyl groups excluding tert-OH is 1. The third-order valence-electron chi connectivity index (χ3n) is 5.01. The zero-order valence-electron chi connectivity index (χ0n) is 14.8. The lowest BCUT2D eigenvalue weighted by molar-refractivity contribution is -0.142. The summed E-state index contributed by atoms with van der Waals surface area (Å²) < 4.78 is 0. The van der Waals surface area contributed by atoms with Crippen LogP contribution in [0.2, 0.25) is 0 Å². The Kier molecular flexibility index (Phi) is 8.24. The minimum absolute atomic E-state index is 0. The Bertz CT molecular complexity index is 369. The van der Waals surface area contributed by atoms with Crippen molar-refractivity contribution in [1.29, 1.82) is 0 Å². The summed E-state index contributed by atoms with van der Waals surface area (Å²) in [5.41, 5.74) is -0.319. The van der Waals surface area contributed by atoms with Crippen LogP contribution in [0.15, 0.2) is 0 Å². The number of piperidine rings is 1. The van der Waals surface area contributed by atoms with E-state index in [0.29, 0.717) is 13.1 Å². The molecule has 0 spiro atoms. The number of β-amino-alcohol motifs (C(OH)–C–C–N with tert-alkyl or cyclic N) is 1. The smallest absolute Gasteiger partial charge is 0.229 e. The predicted molar refractivity (Wildman–Crippen MR) is 95.0 cm³/mol. The average Bonchev–Trinajstić information content (AvgIpc) is 2.49. The fraction of sp³-hybridized carbons (Fsp3) is 0.938. The lowest BCUT2D eigenvalue weighted by Gasteiger charge is -2.37. The first-order chi connectivity index (χ1) is 10.4. The molecule has 0 bridgehead atoms. The molecule has 1 amide bonds. The van der Waals surface area contributed by atoms with Gasteiger partial charge in [-0.25, -0.2) is 0 Å². The van der Waals surface area contributed by atoms with Crippen molar-refractivity contribution in [1.82, 2.24) is 20.0 Å². The van der Waals surface area contributed by atoms with E-state index in [-0.39, 0.29) is 23.7 Å². The molecular formula is C16H33ClN4O2. The van der Waals surface area contributed by atoms with Gasteiger partial charge in [0.25, 0.3) is 0 Å². The number of nitrogens with zero attached hydrogens (tertiary/aromatic N) is 3. The third-order valence-corrected chi connectivity index (χ3v) is 5.01. The number of rotatable bonds is 5. The summed E-state index contributed by atoms with van der Waals surface area (Å²) in [5, 5.41) is 13.6. The van der Waals surface area contributed by atoms with Gasteiger partial charge in [0, 0.05) is 52.9 Å². The van der Waals surface area contributed by atoms with E-state index in [1.54, 1.807) is 4.90 Å². The van der Waals surface area contributed by atoms with Crippen LogP contribution in [-0.4, -0.2) is 98.3 Å². The molecule has 0 aromatic carbocycles. The minimum atomic E-state index is -0.475. The van der Waals surface area contributed by atoms with Crippen molar-refractivity contribution < 1.29 is 9.90 Å². The van der Waals surface area contributed by atoms with E-state index in [2.05, 4.69) is 22.2 Å². The molecule has 6 nitrogen and oxygen atoms in total. The van der Waals surface area contributed by atoms with Crippen LogP contribution >= 0.6 is 12.4 Å². The van der Waals surface area contributed by atoms with Gasteiger partial charge in [-0.05, 0) is 33.4 Å². The van der Waals surface area contributed by atoms with Crippen molar-refractivity contribution in [3.63, 3.8) is 0 Å². The molecule has 23 heavy (non-hydrogen) atoms. The first kappa shape index (κ1) is 20.6. The SMILES string of the molecule is CN1CCN(CC(O)CN(C)C(=O)C2(C)CCCNC2)CC1.Cl. The van der Waals surface area contributed by atoms with E-state index in [1.807, 2.05) is 14.0 Å². The van der Waals surface area contributed by atoms with Crippen LogP contribution in [0.4, 0.5) is 0 Å². The highest BCUT2D eigenvalue weighted by Gasteiger charge is 2.37. The summed E-state index contributed by atoms with van der Waals surface area (Å²) in [5.74, 6) is 0.150. The van der Waals surface area contributed by atoms with Gasteiger partial charge in [0.15, 0.2) is 0 Å². The zero-order chi connectivity index (χ0) is 16.2. The molecule has 136 valence electrons. The van der Waals surface area contributed by atoms with Gasteiger partial charge in [0.2, 0.25) is 5.91 Å². The van der Waals surface area contributed by atoms with E-state index in [9.17, 15) is 9.90 Å². The number of piperazine rings is 1. The number of amides is 1. The van der Waals surface area contributed by atoms with Crippen molar-refractivity contribution in [2.24, 2.45) is 5.41 Å². The molecule has 2 aliphatic heterocycles. The number of halogens is 1. The highest BCUT2D eigenvalue weighted by molar-refractivity contribution is 5.85. The molecule has 2 atom stereocenters. The Morgan fingerprint density at radius 2 is 2.00 bits per heavy atom. The standard InChI is InChI=1S/C16H32N4O2.ClH/c1-16(5-4-6-17-13-16)15(22)19(3)11-14(21)12-20-9-7-18(2)8-10-20;/h14,17,21H,4-13H2,1-3H3;1H. The quantitative estimate of drug-likeness (QED) is 0.724. The topological polar surface area (TPSA) is 59.1 Å². The van der Waals surface area contributed by atoms with E-state index < -0.39 is 6.10 Å². The summed E-state index contributed by atoms with van der Waals surface area (Å²) in [6.07, 6.45) is 1.50. The van der Waals surface area contributed by atoms with Gasteiger partial charge in [-0.15, -0.1) is 12.4 Å². The number of nitrogens with one attached hydrogen (secondary N) is 1. The molecule has 0 aliphatic carbocycles. The first-order valence-corrected chi connectivity index (χ1v) is 8.46. The number of hydrogen-bond acceptors (Lipinski definition) is 5. The van der Waals surface area contributed by atoms with Crippen LogP contribution in [0.1, 0.15) is 19.8 Å². The fourth-order valence-electron chi connectivity index (χ4n) is 3.48. The highest BCUT2D eigenvalue weighted by atomic mass is 35.5. The summed E-state index contributed by atoms with van der Waals surface area (Å²) in [4.78, 5) is 18.9. The molecule has 2 fully saturated rings. The highest BCUT2D eigenvalue weighted by Crippen LogP contribution is 2.27. The Labute approximate surface area is 146 Å². The molecule has 2 heterocycles. The first-order valence-electron chi connectivity index (χ1n) is 8.46. The maximum absolute atomic E-state index is 12.6. The largest absolute Gasteiger partial charge is 0.390 e. The number of carbonyl (C=O) groups excluding carboxylic acids is 1. The maximum atomic E-state index is 12.6. The summed E-state index contributed by atoms with van der Waals surface area (Å²) in [6, 6.07) is 0. The second kappa shape index (κ2) is 9.18. The summed E-state index contributed by atoms with van der Waals surface area (Å²) in [7, 11) is 3.94. The van der Waals surface area contributed by atoms with Gasteiger partial charge in [-0.2, -0.15) is 0 Å². The third kappa shape index (κ3) is 5.87. The van der Waals surface area contributed by atoms with Gasteiger partial charge in [0.05, 0.1) is 11.5 Å². The monoisotopic (exact) mass is 348 g/mol. The van der Waals surface area contributed by atoms with Gasteiger partial charge < -0.3 is 20.2 Å². The minimum Gasteiger partial charge on any atom is -0.390 e. The molecule has 0 saturated carbocycles. The van der Waals surface area contributed by atoms with Crippen molar-refractivity contribution in [3.8, 4) is 0 Å². The van der Waals surface area contributed by atoms with Crippen LogP contribution in [-0.2, 0) is 4.79 Å². The normalized spacial score (nSPS) is 28.0. The Hall–Kier alpha value is -0.400. The van der Waals surface area contributed by atoms with E-state index in [4.69, 9.17) is 0 Å². The zero-order valence-corrected chi connectivity index (χ0v) is 15.6. The Morgan fingerprint density at radius 1 is 1.35 bits per heavy atom.